The van der Waals surface area contributed by atoms with Gasteiger partial charge in [-0.15, -0.1) is 0 Å². The van der Waals surface area contributed by atoms with Crippen LogP contribution in [0.4, 0.5) is 0 Å². The van der Waals surface area contributed by atoms with E-state index in [1.165, 1.54) is 7.11 Å². The summed E-state index contributed by atoms with van der Waals surface area (Å²) < 4.78 is 26.6. The lowest BCUT2D eigenvalue weighted by molar-refractivity contribution is -0.129. The van der Waals surface area contributed by atoms with Crippen LogP contribution < -0.4 is 23.7 Å². The second-order valence-corrected chi connectivity index (χ2v) is 5.38. The first-order valence-electron chi connectivity index (χ1n) is 8.01. The predicted octanol–water partition coefficient (Wildman–Crippen LogP) is 3.87. The van der Waals surface area contributed by atoms with Gasteiger partial charge in [-0.2, -0.15) is 0 Å². The second-order valence-electron chi connectivity index (χ2n) is 5.38. The number of carbonyl (C=O) groups is 1. The lowest BCUT2D eigenvalue weighted by Gasteiger charge is -2.16. The fourth-order valence-electron chi connectivity index (χ4n) is 2.52. The summed E-state index contributed by atoms with van der Waals surface area (Å²) in [6, 6.07) is 8.78. The summed E-state index contributed by atoms with van der Waals surface area (Å²) in [5, 5.41) is 0. The molecule has 0 bridgehead atoms. The summed E-state index contributed by atoms with van der Waals surface area (Å²) in [6.45, 7) is 7.54. The molecule has 0 aliphatic heterocycles. The van der Waals surface area contributed by atoms with Gasteiger partial charge in [-0.25, -0.2) is 4.79 Å². The number of esters is 1. The largest absolute Gasteiger partial charge is 0.493 e. The first-order valence-corrected chi connectivity index (χ1v) is 8.01. The second kappa shape index (κ2) is 8.80. The Morgan fingerprint density at radius 2 is 1.37 bits per heavy atom. The average molecular weight is 370 g/mol. The van der Waals surface area contributed by atoms with Crippen LogP contribution in [0.5, 0.6) is 28.7 Å². The van der Waals surface area contributed by atoms with Gasteiger partial charge < -0.3 is 23.7 Å². The van der Waals surface area contributed by atoms with Gasteiger partial charge >= 0.3 is 5.97 Å². The van der Waals surface area contributed by atoms with Gasteiger partial charge in [0.1, 0.15) is 0 Å². The minimum absolute atomic E-state index is 0.272. The van der Waals surface area contributed by atoms with Gasteiger partial charge in [0.15, 0.2) is 23.0 Å². The van der Waals surface area contributed by atoms with Crippen molar-refractivity contribution in [1.82, 2.24) is 0 Å². The molecule has 0 N–H and O–H groups in total. The predicted molar refractivity (Wildman–Crippen MR) is 103 cm³/mol. The van der Waals surface area contributed by atoms with Gasteiger partial charge in [0.2, 0.25) is 5.75 Å². The number of benzene rings is 2. The van der Waals surface area contributed by atoms with Crippen molar-refractivity contribution in [1.29, 1.82) is 0 Å². The molecule has 6 nitrogen and oxygen atoms in total. The lowest BCUT2D eigenvalue weighted by Crippen LogP contribution is -2.05. The van der Waals surface area contributed by atoms with Crippen LogP contribution in [0.1, 0.15) is 11.1 Å². The molecule has 2 aromatic carbocycles. The zero-order valence-corrected chi connectivity index (χ0v) is 15.8. The Labute approximate surface area is 158 Å². The molecule has 0 aliphatic carbocycles. The molecular formula is C21H22O6. The lowest BCUT2D eigenvalue weighted by atomic mass is 9.98. The van der Waals surface area contributed by atoms with E-state index in [1.807, 2.05) is 6.07 Å². The van der Waals surface area contributed by atoms with Crippen LogP contribution >= 0.6 is 0 Å². The molecule has 0 radical (unpaired) electrons. The zero-order valence-electron chi connectivity index (χ0n) is 15.8. The normalized spacial score (nSPS) is 9.93. The Kier molecular flexibility index (Phi) is 6.49. The van der Waals surface area contributed by atoms with Crippen molar-refractivity contribution in [2.45, 2.75) is 0 Å². The van der Waals surface area contributed by atoms with E-state index in [0.717, 1.165) is 17.2 Å². The average Bonchev–Trinajstić information content (AvgIpc) is 2.71. The molecule has 0 heterocycles. The maximum Gasteiger partial charge on any atom is 0.335 e. The van der Waals surface area contributed by atoms with Crippen molar-refractivity contribution in [2.75, 3.05) is 28.4 Å². The number of methoxy groups -OCH3 is 4. The summed E-state index contributed by atoms with van der Waals surface area (Å²) in [4.78, 5) is 11.6. The molecule has 0 aliphatic rings. The van der Waals surface area contributed by atoms with E-state index in [2.05, 4.69) is 13.2 Å². The van der Waals surface area contributed by atoms with E-state index >= 15 is 0 Å². The molecule has 2 rings (SSSR count). The maximum absolute atomic E-state index is 11.6. The molecule has 6 heteroatoms. The Morgan fingerprint density at radius 1 is 0.815 bits per heavy atom. The van der Waals surface area contributed by atoms with Crippen molar-refractivity contribution >= 4 is 11.5 Å². The van der Waals surface area contributed by atoms with E-state index in [-0.39, 0.29) is 5.75 Å². The maximum atomic E-state index is 11.6. The number of rotatable bonds is 8. The summed E-state index contributed by atoms with van der Waals surface area (Å²) >= 11 is 0. The van der Waals surface area contributed by atoms with Crippen LogP contribution in [-0.2, 0) is 4.79 Å². The van der Waals surface area contributed by atoms with E-state index < -0.39 is 5.97 Å². The Balaban J connectivity index is 2.50. The number of ether oxygens (including phenoxy) is 5. The van der Waals surface area contributed by atoms with Crippen molar-refractivity contribution in [3.05, 3.63) is 60.7 Å². The van der Waals surface area contributed by atoms with Crippen LogP contribution in [-0.4, -0.2) is 34.4 Å². The molecule has 0 unspecified atom stereocenters. The Morgan fingerprint density at radius 3 is 1.85 bits per heavy atom. The van der Waals surface area contributed by atoms with Gasteiger partial charge in [-0.3, -0.25) is 0 Å². The monoisotopic (exact) mass is 370 g/mol. The van der Waals surface area contributed by atoms with E-state index in [0.29, 0.717) is 28.6 Å². The SMILES string of the molecule is C=CC(=O)Oc1cc(C(=C)c2cc(OC)c(OC)c(OC)c2)ccc1OC. The standard InChI is InChI=1S/C21H22O6/c1-7-20(22)27-17-10-14(8-9-16(17)23-3)13(2)15-11-18(24-4)21(26-6)19(12-15)25-5/h7-12H,1-2H2,3-6H3. The van der Waals surface area contributed by atoms with Crippen LogP contribution in [0.3, 0.4) is 0 Å². The first-order chi connectivity index (χ1) is 13.0. The first kappa shape index (κ1) is 19.9. The van der Waals surface area contributed by atoms with Gasteiger partial charge in [0, 0.05) is 6.08 Å². The van der Waals surface area contributed by atoms with Crippen molar-refractivity contribution < 1.29 is 28.5 Å². The molecule has 27 heavy (non-hydrogen) atoms. The summed E-state index contributed by atoms with van der Waals surface area (Å²) in [5.41, 5.74) is 2.17. The topological polar surface area (TPSA) is 63.2 Å². The highest BCUT2D eigenvalue weighted by atomic mass is 16.6. The highest BCUT2D eigenvalue weighted by molar-refractivity contribution is 5.85. The highest BCUT2D eigenvalue weighted by Gasteiger charge is 2.17. The zero-order chi connectivity index (χ0) is 20.0. The Hall–Kier alpha value is -3.41. The van der Waals surface area contributed by atoms with Crippen LogP contribution in [0.25, 0.3) is 5.57 Å². The van der Waals surface area contributed by atoms with Gasteiger partial charge in [0.25, 0.3) is 0 Å². The fourth-order valence-corrected chi connectivity index (χ4v) is 2.52. The third-order valence-corrected chi connectivity index (χ3v) is 3.90. The van der Waals surface area contributed by atoms with Crippen LogP contribution in [0.15, 0.2) is 49.6 Å². The van der Waals surface area contributed by atoms with Gasteiger partial charge in [-0.1, -0.05) is 19.2 Å². The molecule has 2 aromatic rings. The number of hydrogen-bond acceptors (Lipinski definition) is 6. The molecule has 0 atom stereocenters. The van der Waals surface area contributed by atoms with Crippen LogP contribution in [0, 0.1) is 0 Å². The van der Waals surface area contributed by atoms with E-state index in [4.69, 9.17) is 23.7 Å². The smallest absolute Gasteiger partial charge is 0.335 e. The number of carbonyl (C=O) groups excluding carboxylic acids is 1. The number of hydrogen-bond donors (Lipinski definition) is 0. The molecule has 0 aromatic heterocycles. The Bertz CT molecular complexity index is 844. The fraction of sp³-hybridized carbons (Fsp3) is 0.190. The van der Waals surface area contributed by atoms with Crippen LogP contribution in [0.2, 0.25) is 0 Å². The quantitative estimate of drug-likeness (QED) is 0.399. The minimum Gasteiger partial charge on any atom is -0.493 e. The minimum atomic E-state index is -0.580. The van der Waals surface area contributed by atoms with Crippen molar-refractivity contribution in [3.8, 4) is 28.7 Å². The summed E-state index contributed by atoms with van der Waals surface area (Å²) in [6.07, 6.45) is 1.08. The molecule has 0 amide bonds. The van der Waals surface area contributed by atoms with Crippen molar-refractivity contribution in [3.63, 3.8) is 0 Å². The molecule has 142 valence electrons. The van der Waals surface area contributed by atoms with Gasteiger partial charge in [0.05, 0.1) is 28.4 Å². The highest BCUT2D eigenvalue weighted by Crippen LogP contribution is 2.41. The third-order valence-electron chi connectivity index (χ3n) is 3.90. The molecule has 0 spiro atoms. The van der Waals surface area contributed by atoms with E-state index in [9.17, 15) is 4.79 Å². The molecule has 0 saturated carbocycles. The summed E-state index contributed by atoms with van der Waals surface area (Å²) in [5.74, 6) is 1.63. The van der Waals surface area contributed by atoms with E-state index in [1.54, 1.807) is 45.6 Å². The summed E-state index contributed by atoms with van der Waals surface area (Å²) in [7, 11) is 6.13. The van der Waals surface area contributed by atoms with Gasteiger partial charge in [-0.05, 0) is 41.0 Å². The van der Waals surface area contributed by atoms with Crippen molar-refractivity contribution in [2.24, 2.45) is 0 Å². The molecular weight excluding hydrogens is 348 g/mol. The molecule has 0 fully saturated rings. The molecule has 0 saturated heterocycles. The third kappa shape index (κ3) is 4.23.